The molecule has 0 saturated carbocycles. The fourth-order valence-corrected chi connectivity index (χ4v) is 1.82. The summed E-state index contributed by atoms with van der Waals surface area (Å²) >= 11 is 0. The number of anilines is 2. The van der Waals surface area contributed by atoms with Crippen LogP contribution in [0.2, 0.25) is 0 Å². The third-order valence-electron chi connectivity index (χ3n) is 2.89. The summed E-state index contributed by atoms with van der Waals surface area (Å²) < 4.78 is 5.26. The van der Waals surface area contributed by atoms with Crippen molar-refractivity contribution in [2.24, 2.45) is 0 Å². The van der Waals surface area contributed by atoms with Crippen molar-refractivity contribution in [3.05, 3.63) is 47.4 Å². The molecule has 0 aliphatic carbocycles. The number of benzene rings is 1. The first kappa shape index (κ1) is 13.7. The van der Waals surface area contributed by atoms with E-state index in [2.05, 4.69) is 0 Å². The van der Waals surface area contributed by atoms with Crippen LogP contribution < -0.4 is 10.6 Å². The molecule has 3 N–H and O–H groups in total. The van der Waals surface area contributed by atoms with E-state index < -0.39 is 5.97 Å². The molecule has 0 unspecified atom stereocenters. The number of nitrogens with zero attached hydrogens (tertiary/aromatic N) is 1. The van der Waals surface area contributed by atoms with Gasteiger partial charge in [-0.25, -0.2) is 4.79 Å². The molecule has 1 aromatic carbocycles. The van der Waals surface area contributed by atoms with Crippen molar-refractivity contribution in [2.75, 3.05) is 17.7 Å². The van der Waals surface area contributed by atoms with Crippen molar-refractivity contribution in [3.8, 4) is 0 Å². The smallest absolute Gasteiger partial charge is 0.335 e. The summed E-state index contributed by atoms with van der Waals surface area (Å²) in [6.07, 6.45) is 0. The molecule has 0 bridgehead atoms. The van der Waals surface area contributed by atoms with E-state index in [1.165, 1.54) is 23.1 Å². The van der Waals surface area contributed by atoms with Crippen LogP contribution in [0.1, 0.15) is 26.7 Å². The molecule has 1 amide bonds. The lowest BCUT2D eigenvalue weighted by atomic mass is 10.1. The van der Waals surface area contributed by atoms with Gasteiger partial charge >= 0.3 is 5.97 Å². The zero-order valence-corrected chi connectivity index (χ0v) is 11.1. The van der Waals surface area contributed by atoms with Gasteiger partial charge in [-0.05, 0) is 37.3 Å². The number of hydrogen-bond donors (Lipinski definition) is 2. The average Bonchev–Trinajstić information content (AvgIpc) is 2.83. The van der Waals surface area contributed by atoms with Gasteiger partial charge in [0, 0.05) is 7.05 Å². The van der Waals surface area contributed by atoms with Gasteiger partial charge in [-0.1, -0.05) is 0 Å². The Kier molecular flexibility index (Phi) is 3.47. The fraction of sp³-hybridized carbons (Fsp3) is 0.143. The number of carboxylic acids is 1. The summed E-state index contributed by atoms with van der Waals surface area (Å²) in [5, 5.41) is 8.88. The Morgan fingerprint density at radius 2 is 1.95 bits per heavy atom. The summed E-state index contributed by atoms with van der Waals surface area (Å²) in [4.78, 5) is 24.3. The van der Waals surface area contributed by atoms with Gasteiger partial charge < -0.3 is 20.2 Å². The molecule has 2 rings (SSSR count). The van der Waals surface area contributed by atoms with Crippen LogP contribution in [0.25, 0.3) is 0 Å². The highest BCUT2D eigenvalue weighted by molar-refractivity contribution is 6.06. The van der Waals surface area contributed by atoms with Crippen LogP contribution in [0.5, 0.6) is 0 Å². The van der Waals surface area contributed by atoms with E-state index in [1.807, 2.05) is 0 Å². The van der Waals surface area contributed by atoms with Gasteiger partial charge in [-0.3, -0.25) is 4.79 Å². The minimum atomic E-state index is -1.07. The highest BCUT2D eigenvalue weighted by atomic mass is 16.4. The number of amides is 1. The molecular weight excluding hydrogens is 260 g/mol. The molecule has 0 aliphatic rings. The summed E-state index contributed by atoms with van der Waals surface area (Å²) in [7, 11) is 1.55. The normalized spacial score (nSPS) is 10.3. The first-order valence-electron chi connectivity index (χ1n) is 5.87. The van der Waals surface area contributed by atoms with Crippen molar-refractivity contribution in [3.63, 3.8) is 0 Å². The molecule has 104 valence electrons. The molecule has 0 radical (unpaired) electrons. The van der Waals surface area contributed by atoms with Gasteiger partial charge in [0.1, 0.15) is 5.76 Å². The SMILES string of the molecule is Cc1ccc(C(=O)N(C)c2ccc(C(=O)O)cc2N)o1. The van der Waals surface area contributed by atoms with Gasteiger partial charge in [0.15, 0.2) is 5.76 Å². The average molecular weight is 274 g/mol. The zero-order chi connectivity index (χ0) is 14.9. The number of carbonyl (C=O) groups excluding carboxylic acids is 1. The fourth-order valence-electron chi connectivity index (χ4n) is 1.82. The number of aryl methyl sites for hydroxylation is 1. The number of nitrogen functional groups attached to an aromatic ring is 1. The van der Waals surface area contributed by atoms with Crippen LogP contribution in [-0.4, -0.2) is 24.0 Å². The lowest BCUT2D eigenvalue weighted by Crippen LogP contribution is -2.26. The van der Waals surface area contributed by atoms with Crippen LogP contribution in [0.15, 0.2) is 34.7 Å². The second kappa shape index (κ2) is 5.08. The van der Waals surface area contributed by atoms with E-state index >= 15 is 0 Å². The highest BCUT2D eigenvalue weighted by Crippen LogP contribution is 2.25. The third kappa shape index (κ3) is 2.49. The molecule has 0 saturated heterocycles. The largest absolute Gasteiger partial charge is 0.478 e. The van der Waals surface area contributed by atoms with Crippen molar-refractivity contribution >= 4 is 23.3 Å². The first-order chi connectivity index (χ1) is 9.40. The van der Waals surface area contributed by atoms with Crippen molar-refractivity contribution in [1.29, 1.82) is 0 Å². The van der Waals surface area contributed by atoms with Crippen LogP contribution in [0.4, 0.5) is 11.4 Å². The molecule has 1 heterocycles. The lowest BCUT2D eigenvalue weighted by Gasteiger charge is -2.18. The molecule has 0 fully saturated rings. The quantitative estimate of drug-likeness (QED) is 0.836. The predicted molar refractivity (Wildman–Crippen MR) is 74.0 cm³/mol. The van der Waals surface area contributed by atoms with Gasteiger partial charge in [0.25, 0.3) is 5.91 Å². The van der Waals surface area contributed by atoms with E-state index in [-0.39, 0.29) is 22.9 Å². The molecule has 0 aliphatic heterocycles. The number of carbonyl (C=O) groups is 2. The maximum atomic E-state index is 12.2. The number of rotatable bonds is 3. The Morgan fingerprint density at radius 1 is 1.25 bits per heavy atom. The minimum absolute atomic E-state index is 0.0703. The Labute approximate surface area is 115 Å². The predicted octanol–water partition coefficient (Wildman–Crippen LogP) is 2.15. The Hall–Kier alpha value is -2.76. The van der Waals surface area contributed by atoms with E-state index in [0.29, 0.717) is 11.4 Å². The maximum absolute atomic E-state index is 12.2. The van der Waals surface area contributed by atoms with Crippen LogP contribution >= 0.6 is 0 Å². The van der Waals surface area contributed by atoms with Gasteiger partial charge in [-0.2, -0.15) is 0 Å². The zero-order valence-electron chi connectivity index (χ0n) is 11.1. The van der Waals surface area contributed by atoms with Gasteiger partial charge in [0.2, 0.25) is 0 Å². The summed E-state index contributed by atoms with van der Waals surface area (Å²) in [5.74, 6) is -0.588. The molecule has 2 aromatic rings. The topological polar surface area (TPSA) is 96.8 Å². The summed E-state index contributed by atoms with van der Waals surface area (Å²) in [6.45, 7) is 1.74. The Bertz CT molecular complexity index is 676. The monoisotopic (exact) mass is 274 g/mol. The molecule has 0 atom stereocenters. The van der Waals surface area contributed by atoms with Gasteiger partial charge in [0.05, 0.1) is 16.9 Å². The molecule has 1 aromatic heterocycles. The van der Waals surface area contributed by atoms with Gasteiger partial charge in [-0.15, -0.1) is 0 Å². The van der Waals surface area contributed by atoms with Crippen molar-refractivity contribution in [2.45, 2.75) is 6.92 Å². The first-order valence-corrected chi connectivity index (χ1v) is 5.87. The summed E-state index contributed by atoms with van der Waals surface area (Å²) in [5.41, 5.74) is 6.50. The molecular formula is C14H14N2O4. The maximum Gasteiger partial charge on any atom is 0.335 e. The number of furan rings is 1. The number of carboxylic acid groups (broad SMARTS) is 1. The third-order valence-corrected chi connectivity index (χ3v) is 2.89. The lowest BCUT2D eigenvalue weighted by molar-refractivity contribution is 0.0697. The van der Waals surface area contributed by atoms with E-state index in [1.54, 1.807) is 26.1 Å². The second-order valence-electron chi connectivity index (χ2n) is 4.35. The second-order valence-corrected chi connectivity index (χ2v) is 4.35. The number of hydrogen-bond acceptors (Lipinski definition) is 4. The Morgan fingerprint density at radius 3 is 2.45 bits per heavy atom. The van der Waals surface area contributed by atoms with E-state index in [9.17, 15) is 9.59 Å². The summed E-state index contributed by atoms with van der Waals surface area (Å²) in [6, 6.07) is 7.47. The number of nitrogens with two attached hydrogens (primary N) is 1. The number of aromatic carboxylic acids is 1. The van der Waals surface area contributed by atoms with E-state index in [4.69, 9.17) is 15.3 Å². The van der Waals surface area contributed by atoms with Crippen LogP contribution in [-0.2, 0) is 0 Å². The van der Waals surface area contributed by atoms with Crippen LogP contribution in [0.3, 0.4) is 0 Å². The molecule has 20 heavy (non-hydrogen) atoms. The minimum Gasteiger partial charge on any atom is -0.478 e. The van der Waals surface area contributed by atoms with E-state index in [0.717, 1.165) is 0 Å². The van der Waals surface area contributed by atoms with Crippen LogP contribution in [0, 0.1) is 6.92 Å². The Balaban J connectivity index is 2.31. The highest BCUT2D eigenvalue weighted by Gasteiger charge is 2.19. The molecule has 0 spiro atoms. The standard InChI is InChI=1S/C14H14N2O4/c1-8-3-6-12(20-8)13(17)16(2)11-5-4-9(14(18)19)7-10(11)15/h3-7H,15H2,1-2H3,(H,18,19). The molecule has 6 heteroatoms. The molecule has 6 nitrogen and oxygen atoms in total. The van der Waals surface area contributed by atoms with Crippen molar-refractivity contribution in [1.82, 2.24) is 0 Å². The van der Waals surface area contributed by atoms with Crippen molar-refractivity contribution < 1.29 is 19.1 Å².